The molecule has 2 N–H and O–H groups in total. The van der Waals surface area contributed by atoms with Crippen molar-refractivity contribution in [3.63, 3.8) is 0 Å². The van der Waals surface area contributed by atoms with E-state index in [2.05, 4.69) is 29.6 Å². The predicted molar refractivity (Wildman–Crippen MR) is 108 cm³/mol. The van der Waals surface area contributed by atoms with Crippen LogP contribution < -0.4 is 20.3 Å². The summed E-state index contributed by atoms with van der Waals surface area (Å²) in [5, 5.41) is 0. The number of methoxy groups -OCH3 is 2. The van der Waals surface area contributed by atoms with Crippen LogP contribution in [0.25, 0.3) is 0 Å². The third-order valence-electron chi connectivity index (χ3n) is 4.45. The predicted octanol–water partition coefficient (Wildman–Crippen LogP) is 2.62. The molecule has 2 aromatic rings. The summed E-state index contributed by atoms with van der Waals surface area (Å²) in [4.78, 5) is 26.8. The molecule has 150 valence electrons. The molecule has 2 amide bonds. The minimum Gasteiger partial charge on any atom is -0.493 e. The molecule has 0 aliphatic heterocycles. The molecule has 0 unspecified atom stereocenters. The number of nitrogens with zero attached hydrogens (tertiary/aromatic N) is 1. The third-order valence-corrected chi connectivity index (χ3v) is 4.45. The van der Waals surface area contributed by atoms with E-state index in [1.807, 2.05) is 12.1 Å². The Morgan fingerprint density at radius 1 is 0.821 bits per heavy atom. The summed E-state index contributed by atoms with van der Waals surface area (Å²) < 4.78 is 10.3. The largest absolute Gasteiger partial charge is 0.493 e. The van der Waals surface area contributed by atoms with Crippen molar-refractivity contribution in [2.24, 2.45) is 0 Å². The van der Waals surface area contributed by atoms with Crippen molar-refractivity contribution in [1.82, 2.24) is 15.8 Å². The number of nitrogens with one attached hydrogen (secondary N) is 2. The van der Waals surface area contributed by atoms with Crippen LogP contribution in [-0.4, -0.2) is 44.0 Å². The van der Waals surface area contributed by atoms with E-state index < -0.39 is 5.91 Å². The molecule has 0 aromatic heterocycles. The van der Waals surface area contributed by atoms with Gasteiger partial charge in [0.15, 0.2) is 11.5 Å². The monoisotopic (exact) mass is 385 g/mol. The quantitative estimate of drug-likeness (QED) is 0.683. The number of rotatable bonds is 8. The average Bonchev–Trinajstić information content (AvgIpc) is 2.75. The molecular weight excluding hydrogens is 358 g/mol. The van der Waals surface area contributed by atoms with Crippen LogP contribution in [0.4, 0.5) is 0 Å². The lowest BCUT2D eigenvalue weighted by molar-refractivity contribution is 0.0846. The lowest BCUT2D eigenvalue weighted by Gasteiger charge is -2.18. The summed E-state index contributed by atoms with van der Waals surface area (Å²) in [6.45, 7) is 7.02. The first-order valence-corrected chi connectivity index (χ1v) is 9.16. The number of ether oxygens (including phenoxy) is 2. The summed E-state index contributed by atoms with van der Waals surface area (Å²) in [6.07, 6.45) is 0. The molecule has 0 saturated carbocycles. The highest BCUT2D eigenvalue weighted by atomic mass is 16.5. The molecule has 0 atom stereocenters. The Balaban J connectivity index is 1.95. The van der Waals surface area contributed by atoms with Gasteiger partial charge in [-0.05, 0) is 49.0 Å². The molecule has 2 aromatic carbocycles. The summed E-state index contributed by atoms with van der Waals surface area (Å²) in [6, 6.07) is 12.1. The van der Waals surface area contributed by atoms with Crippen LogP contribution in [0.15, 0.2) is 42.5 Å². The lowest BCUT2D eigenvalue weighted by atomic mass is 10.1. The number of carbonyl (C=O) groups is 2. The van der Waals surface area contributed by atoms with Crippen LogP contribution in [0.1, 0.15) is 40.1 Å². The van der Waals surface area contributed by atoms with Gasteiger partial charge in [-0.1, -0.05) is 26.0 Å². The highest BCUT2D eigenvalue weighted by Crippen LogP contribution is 2.27. The Bertz CT molecular complexity index is 802. The van der Waals surface area contributed by atoms with Gasteiger partial charge in [-0.2, -0.15) is 0 Å². The zero-order chi connectivity index (χ0) is 20.5. The van der Waals surface area contributed by atoms with E-state index in [1.165, 1.54) is 14.2 Å². The average molecular weight is 385 g/mol. The summed E-state index contributed by atoms with van der Waals surface area (Å²) in [5.41, 5.74) is 6.78. The Morgan fingerprint density at radius 3 is 1.89 bits per heavy atom. The fraction of sp³-hybridized carbons (Fsp3) is 0.333. The maximum atomic E-state index is 12.3. The summed E-state index contributed by atoms with van der Waals surface area (Å²) in [7, 11) is 3.01. The molecule has 0 aliphatic carbocycles. The first-order chi connectivity index (χ1) is 13.5. The van der Waals surface area contributed by atoms with Gasteiger partial charge in [-0.25, -0.2) is 0 Å². The Labute approximate surface area is 165 Å². The van der Waals surface area contributed by atoms with E-state index in [-0.39, 0.29) is 5.91 Å². The van der Waals surface area contributed by atoms with Gasteiger partial charge in [-0.15, -0.1) is 0 Å². The smallest absolute Gasteiger partial charge is 0.269 e. The van der Waals surface area contributed by atoms with Crippen LogP contribution in [0, 0.1) is 0 Å². The molecule has 0 spiro atoms. The fourth-order valence-corrected chi connectivity index (χ4v) is 2.70. The Kier molecular flexibility index (Phi) is 7.83. The molecule has 0 fully saturated rings. The van der Waals surface area contributed by atoms with Gasteiger partial charge in [-0.3, -0.25) is 25.3 Å². The van der Waals surface area contributed by atoms with Gasteiger partial charge >= 0.3 is 0 Å². The zero-order valence-corrected chi connectivity index (χ0v) is 16.7. The van der Waals surface area contributed by atoms with Crippen LogP contribution in [0.2, 0.25) is 0 Å². The number of amides is 2. The van der Waals surface area contributed by atoms with Crippen LogP contribution in [-0.2, 0) is 6.54 Å². The molecule has 28 heavy (non-hydrogen) atoms. The maximum absolute atomic E-state index is 12.3. The Hall–Kier alpha value is -3.06. The van der Waals surface area contributed by atoms with E-state index in [4.69, 9.17) is 9.47 Å². The number of hydrogen-bond donors (Lipinski definition) is 2. The van der Waals surface area contributed by atoms with E-state index in [0.717, 1.165) is 25.2 Å². The van der Waals surface area contributed by atoms with Gasteiger partial charge < -0.3 is 9.47 Å². The van der Waals surface area contributed by atoms with Crippen LogP contribution >= 0.6 is 0 Å². The number of hydrogen-bond acceptors (Lipinski definition) is 5. The minimum absolute atomic E-state index is 0.340. The molecule has 0 radical (unpaired) electrons. The molecule has 0 aliphatic rings. The van der Waals surface area contributed by atoms with Crippen molar-refractivity contribution in [1.29, 1.82) is 0 Å². The van der Waals surface area contributed by atoms with Crippen LogP contribution in [0.3, 0.4) is 0 Å². The van der Waals surface area contributed by atoms with Gasteiger partial charge in [0.2, 0.25) is 0 Å². The lowest BCUT2D eigenvalue weighted by Crippen LogP contribution is -2.41. The van der Waals surface area contributed by atoms with Gasteiger partial charge in [0.1, 0.15) is 0 Å². The van der Waals surface area contributed by atoms with Crippen molar-refractivity contribution >= 4 is 11.8 Å². The van der Waals surface area contributed by atoms with E-state index in [1.54, 1.807) is 30.3 Å². The molecular formula is C21H27N3O4. The van der Waals surface area contributed by atoms with Gasteiger partial charge in [0, 0.05) is 17.7 Å². The molecule has 0 saturated heterocycles. The Morgan fingerprint density at radius 2 is 1.36 bits per heavy atom. The molecule has 0 heterocycles. The third kappa shape index (κ3) is 5.47. The zero-order valence-electron chi connectivity index (χ0n) is 16.7. The summed E-state index contributed by atoms with van der Waals surface area (Å²) >= 11 is 0. The standard InChI is InChI=1S/C21H27N3O4/c1-5-24(6-2)14-15-7-9-16(10-8-15)20(25)22-23-21(26)17-11-12-18(27-3)19(13-17)28-4/h7-13H,5-6,14H2,1-4H3,(H,22,25)(H,23,26). The summed E-state index contributed by atoms with van der Waals surface area (Å²) in [5.74, 6) is 0.119. The highest BCUT2D eigenvalue weighted by Gasteiger charge is 2.12. The first kappa shape index (κ1) is 21.2. The number of carbonyl (C=O) groups excluding carboxylic acids is 2. The second-order valence-corrected chi connectivity index (χ2v) is 6.14. The second kappa shape index (κ2) is 10.3. The van der Waals surface area contributed by atoms with E-state index in [0.29, 0.717) is 22.6 Å². The van der Waals surface area contributed by atoms with Crippen molar-refractivity contribution in [2.45, 2.75) is 20.4 Å². The minimum atomic E-state index is -0.451. The van der Waals surface area contributed by atoms with Gasteiger partial charge in [0.05, 0.1) is 14.2 Å². The number of hydrazine groups is 1. The van der Waals surface area contributed by atoms with E-state index >= 15 is 0 Å². The van der Waals surface area contributed by atoms with Crippen molar-refractivity contribution < 1.29 is 19.1 Å². The fourth-order valence-electron chi connectivity index (χ4n) is 2.70. The molecule has 0 bridgehead atoms. The molecule has 7 heteroatoms. The highest BCUT2D eigenvalue weighted by molar-refractivity contribution is 5.99. The van der Waals surface area contributed by atoms with Crippen molar-refractivity contribution in [3.05, 3.63) is 59.2 Å². The normalized spacial score (nSPS) is 10.5. The second-order valence-electron chi connectivity index (χ2n) is 6.14. The van der Waals surface area contributed by atoms with Crippen molar-refractivity contribution in [2.75, 3.05) is 27.3 Å². The topological polar surface area (TPSA) is 79.9 Å². The van der Waals surface area contributed by atoms with Crippen molar-refractivity contribution in [3.8, 4) is 11.5 Å². The maximum Gasteiger partial charge on any atom is 0.269 e. The van der Waals surface area contributed by atoms with Gasteiger partial charge in [0.25, 0.3) is 11.8 Å². The first-order valence-electron chi connectivity index (χ1n) is 9.16. The SMILES string of the molecule is CCN(CC)Cc1ccc(C(=O)NNC(=O)c2ccc(OC)c(OC)c2)cc1. The molecule has 2 rings (SSSR count). The molecule has 7 nitrogen and oxygen atoms in total. The van der Waals surface area contributed by atoms with E-state index in [9.17, 15) is 9.59 Å². The number of benzene rings is 2. The van der Waals surface area contributed by atoms with Crippen LogP contribution in [0.5, 0.6) is 11.5 Å².